The van der Waals surface area contributed by atoms with Crippen LogP contribution in [0.5, 0.6) is 5.75 Å². The van der Waals surface area contributed by atoms with Gasteiger partial charge in [0.2, 0.25) is 0 Å². The standard InChI is InChI=1S/C6H4BrClO.Na/c7-4-1-2-6(9)5(8)3-4;/h1-3,9H;/q;+1/p-1. The Kier molecular flexibility index (Phi) is 4.99. The van der Waals surface area contributed by atoms with Gasteiger partial charge in [0.25, 0.3) is 0 Å². The third-order valence-corrected chi connectivity index (χ3v) is 1.68. The molecule has 0 bridgehead atoms. The second-order valence-electron chi connectivity index (χ2n) is 1.57. The summed E-state index contributed by atoms with van der Waals surface area (Å²) in [6.45, 7) is 0. The van der Waals surface area contributed by atoms with Crippen molar-refractivity contribution in [3.8, 4) is 5.75 Å². The molecule has 48 valence electrons. The van der Waals surface area contributed by atoms with E-state index in [9.17, 15) is 5.11 Å². The second-order valence-corrected chi connectivity index (χ2v) is 2.90. The monoisotopic (exact) mass is 228 g/mol. The topological polar surface area (TPSA) is 23.1 Å². The van der Waals surface area contributed by atoms with Gasteiger partial charge in [-0.1, -0.05) is 39.3 Å². The summed E-state index contributed by atoms with van der Waals surface area (Å²) in [4.78, 5) is 0. The summed E-state index contributed by atoms with van der Waals surface area (Å²) in [7, 11) is 0. The van der Waals surface area contributed by atoms with E-state index < -0.39 is 0 Å². The zero-order valence-corrected chi connectivity index (χ0v) is 9.74. The Hall–Kier alpha value is 0.790. The molecule has 0 atom stereocenters. The molecule has 1 aromatic rings. The average Bonchev–Trinajstić information content (AvgIpc) is 1.80. The SMILES string of the molecule is [Na+].[O-]c1ccc(Br)cc1Cl. The van der Waals surface area contributed by atoms with Gasteiger partial charge >= 0.3 is 29.6 Å². The van der Waals surface area contributed by atoms with Gasteiger partial charge in [0.05, 0.1) is 0 Å². The molecule has 0 heterocycles. The molecule has 0 saturated heterocycles. The van der Waals surface area contributed by atoms with Gasteiger partial charge in [0.15, 0.2) is 0 Å². The van der Waals surface area contributed by atoms with Crippen LogP contribution in [0.1, 0.15) is 0 Å². The molecule has 0 unspecified atom stereocenters. The van der Waals surface area contributed by atoms with E-state index in [4.69, 9.17) is 11.6 Å². The van der Waals surface area contributed by atoms with Crippen molar-refractivity contribution >= 4 is 27.5 Å². The van der Waals surface area contributed by atoms with Crippen LogP contribution in [0, 0.1) is 0 Å². The van der Waals surface area contributed by atoms with Crippen molar-refractivity contribution in [1.29, 1.82) is 0 Å². The molecule has 0 aliphatic rings. The van der Waals surface area contributed by atoms with E-state index in [0.717, 1.165) is 4.47 Å². The molecular formula is C6H3BrClNaO. The minimum Gasteiger partial charge on any atom is -0.871 e. The van der Waals surface area contributed by atoms with Crippen molar-refractivity contribution in [2.75, 3.05) is 0 Å². The predicted molar refractivity (Wildman–Crippen MR) is 38.6 cm³/mol. The van der Waals surface area contributed by atoms with Gasteiger partial charge in [0, 0.05) is 9.50 Å². The normalized spacial score (nSPS) is 8.60. The first-order chi connectivity index (χ1) is 4.20. The summed E-state index contributed by atoms with van der Waals surface area (Å²) in [6, 6.07) is 4.66. The first kappa shape index (κ1) is 10.8. The fraction of sp³-hybridized carbons (Fsp3) is 0. The number of rotatable bonds is 0. The van der Waals surface area contributed by atoms with Crippen LogP contribution in [-0.2, 0) is 0 Å². The van der Waals surface area contributed by atoms with Gasteiger partial charge in [-0.2, -0.15) is 0 Å². The molecule has 0 radical (unpaired) electrons. The molecule has 0 spiro atoms. The van der Waals surface area contributed by atoms with Gasteiger partial charge in [-0.15, -0.1) is 0 Å². The fourth-order valence-electron chi connectivity index (χ4n) is 0.475. The Bertz CT molecular complexity index is 229. The Balaban J connectivity index is 0.000000810. The van der Waals surface area contributed by atoms with Crippen LogP contribution in [0.15, 0.2) is 22.7 Å². The number of benzene rings is 1. The number of hydrogen-bond acceptors (Lipinski definition) is 1. The summed E-state index contributed by atoms with van der Waals surface area (Å²) in [5, 5.41) is 10.9. The van der Waals surface area contributed by atoms with Gasteiger partial charge in [-0.3, -0.25) is 0 Å². The number of halogens is 2. The molecule has 0 aromatic heterocycles. The van der Waals surface area contributed by atoms with Crippen LogP contribution in [0.25, 0.3) is 0 Å². The van der Waals surface area contributed by atoms with E-state index >= 15 is 0 Å². The molecule has 1 aromatic carbocycles. The molecule has 10 heavy (non-hydrogen) atoms. The Morgan fingerprint density at radius 1 is 1.40 bits per heavy atom. The van der Waals surface area contributed by atoms with Crippen molar-refractivity contribution in [3.63, 3.8) is 0 Å². The summed E-state index contributed by atoms with van der Waals surface area (Å²) >= 11 is 8.64. The van der Waals surface area contributed by atoms with Crippen LogP contribution >= 0.6 is 27.5 Å². The first-order valence-electron chi connectivity index (χ1n) is 2.32. The molecule has 1 nitrogen and oxygen atoms in total. The maximum Gasteiger partial charge on any atom is 1.00 e. The van der Waals surface area contributed by atoms with Crippen LogP contribution in [-0.4, -0.2) is 0 Å². The summed E-state index contributed by atoms with van der Waals surface area (Å²) in [5.41, 5.74) is 0. The van der Waals surface area contributed by atoms with Crippen molar-refractivity contribution in [2.24, 2.45) is 0 Å². The van der Waals surface area contributed by atoms with Crippen LogP contribution < -0.4 is 34.7 Å². The van der Waals surface area contributed by atoms with Gasteiger partial charge < -0.3 is 5.11 Å². The molecular weight excluding hydrogens is 226 g/mol. The van der Waals surface area contributed by atoms with E-state index in [2.05, 4.69) is 15.9 Å². The van der Waals surface area contributed by atoms with Crippen LogP contribution in [0.4, 0.5) is 0 Å². The van der Waals surface area contributed by atoms with Crippen molar-refractivity contribution in [1.82, 2.24) is 0 Å². The second kappa shape index (κ2) is 4.62. The Morgan fingerprint density at radius 3 is 2.40 bits per heavy atom. The largest absolute Gasteiger partial charge is 1.00 e. The minimum absolute atomic E-state index is 0. The van der Waals surface area contributed by atoms with E-state index in [1.165, 1.54) is 6.07 Å². The zero-order valence-electron chi connectivity index (χ0n) is 5.40. The fourth-order valence-corrected chi connectivity index (χ4v) is 1.15. The van der Waals surface area contributed by atoms with Gasteiger partial charge in [-0.25, -0.2) is 0 Å². The summed E-state index contributed by atoms with van der Waals surface area (Å²) < 4.78 is 0.826. The van der Waals surface area contributed by atoms with Crippen molar-refractivity contribution in [3.05, 3.63) is 27.7 Å². The maximum absolute atomic E-state index is 10.6. The van der Waals surface area contributed by atoms with E-state index in [1.54, 1.807) is 12.1 Å². The van der Waals surface area contributed by atoms with Crippen LogP contribution in [0.3, 0.4) is 0 Å². The molecule has 0 saturated carbocycles. The molecule has 0 N–H and O–H groups in total. The molecule has 0 aliphatic carbocycles. The Morgan fingerprint density at radius 2 is 2.00 bits per heavy atom. The molecule has 0 amide bonds. The molecule has 1 rings (SSSR count). The Labute approximate surface area is 94.8 Å². The van der Waals surface area contributed by atoms with E-state index in [-0.39, 0.29) is 40.3 Å². The summed E-state index contributed by atoms with van der Waals surface area (Å²) in [5.74, 6) is -0.139. The molecule has 4 heteroatoms. The molecule has 0 aliphatic heterocycles. The third kappa shape index (κ3) is 2.81. The van der Waals surface area contributed by atoms with Crippen molar-refractivity contribution < 1.29 is 34.7 Å². The minimum atomic E-state index is -0.139. The predicted octanol–water partition coefficient (Wildman–Crippen LogP) is -0.820. The quantitative estimate of drug-likeness (QED) is 0.533. The van der Waals surface area contributed by atoms with E-state index in [1.807, 2.05) is 0 Å². The average molecular weight is 229 g/mol. The van der Waals surface area contributed by atoms with Crippen molar-refractivity contribution in [2.45, 2.75) is 0 Å². The van der Waals surface area contributed by atoms with E-state index in [0.29, 0.717) is 0 Å². The summed E-state index contributed by atoms with van der Waals surface area (Å²) in [6.07, 6.45) is 0. The van der Waals surface area contributed by atoms with Gasteiger partial charge in [-0.05, 0) is 12.1 Å². The number of hydrogen-bond donors (Lipinski definition) is 0. The van der Waals surface area contributed by atoms with Gasteiger partial charge in [0.1, 0.15) is 0 Å². The first-order valence-corrected chi connectivity index (χ1v) is 3.49. The zero-order chi connectivity index (χ0) is 6.85. The third-order valence-electron chi connectivity index (χ3n) is 0.894. The maximum atomic E-state index is 10.6. The molecule has 0 fully saturated rings. The smallest absolute Gasteiger partial charge is 0.871 e. The van der Waals surface area contributed by atoms with Crippen LogP contribution in [0.2, 0.25) is 5.02 Å².